The zero-order valence-corrected chi connectivity index (χ0v) is 9.81. The molecule has 0 aliphatic heterocycles. The zero-order valence-electron chi connectivity index (χ0n) is 9.81. The summed E-state index contributed by atoms with van der Waals surface area (Å²) in [5, 5.41) is 3.83. The van der Waals surface area contributed by atoms with Gasteiger partial charge in [-0.25, -0.2) is 0 Å². The zero-order chi connectivity index (χ0) is 10.0. The van der Waals surface area contributed by atoms with Crippen LogP contribution in [0.1, 0.15) is 58.8 Å². The van der Waals surface area contributed by atoms with E-state index in [0.29, 0.717) is 0 Å². The van der Waals surface area contributed by atoms with E-state index in [9.17, 15) is 0 Å². The fourth-order valence-corrected chi connectivity index (χ4v) is 2.80. The summed E-state index contributed by atoms with van der Waals surface area (Å²) >= 11 is 0. The molecule has 2 aliphatic rings. The molecule has 2 rings (SSSR count). The second-order valence-electron chi connectivity index (χ2n) is 5.60. The molecule has 0 aromatic carbocycles. The third-order valence-electron chi connectivity index (χ3n) is 4.56. The summed E-state index contributed by atoms with van der Waals surface area (Å²) in [6.45, 7) is 6.06. The lowest BCUT2D eigenvalue weighted by Crippen LogP contribution is -2.40. The Balaban J connectivity index is 1.73. The molecule has 0 radical (unpaired) electrons. The van der Waals surface area contributed by atoms with E-state index in [0.717, 1.165) is 17.4 Å². The molecule has 0 aromatic heterocycles. The standard InChI is InChI=1S/C13H25N/c1-3-13(8-9-13)10-14-12-7-5-4-6-11(12)2/h11-12,14H,3-10H2,1-2H3. The fraction of sp³-hybridized carbons (Fsp3) is 1.00. The van der Waals surface area contributed by atoms with E-state index in [1.54, 1.807) is 0 Å². The van der Waals surface area contributed by atoms with Crippen molar-refractivity contribution >= 4 is 0 Å². The molecule has 0 amide bonds. The summed E-state index contributed by atoms with van der Waals surface area (Å²) in [6.07, 6.45) is 10.1. The number of hydrogen-bond acceptors (Lipinski definition) is 1. The lowest BCUT2D eigenvalue weighted by atomic mass is 9.85. The van der Waals surface area contributed by atoms with Gasteiger partial charge in [-0.2, -0.15) is 0 Å². The molecule has 0 saturated heterocycles. The van der Waals surface area contributed by atoms with Crippen LogP contribution < -0.4 is 5.32 Å². The summed E-state index contributed by atoms with van der Waals surface area (Å²) in [6, 6.07) is 0.827. The highest BCUT2D eigenvalue weighted by Gasteiger charge is 2.40. The van der Waals surface area contributed by atoms with Crippen molar-refractivity contribution in [3.8, 4) is 0 Å². The molecule has 1 nitrogen and oxygen atoms in total. The number of nitrogens with one attached hydrogen (secondary N) is 1. The first-order valence-corrected chi connectivity index (χ1v) is 6.49. The Morgan fingerprint density at radius 1 is 1.21 bits per heavy atom. The van der Waals surface area contributed by atoms with Gasteiger partial charge in [0.2, 0.25) is 0 Å². The molecule has 14 heavy (non-hydrogen) atoms. The molecular formula is C13H25N. The Morgan fingerprint density at radius 2 is 1.93 bits per heavy atom. The smallest absolute Gasteiger partial charge is 0.00929 e. The summed E-state index contributed by atoms with van der Waals surface area (Å²) < 4.78 is 0. The second kappa shape index (κ2) is 4.22. The van der Waals surface area contributed by atoms with Crippen LogP contribution in [0.4, 0.5) is 0 Å². The van der Waals surface area contributed by atoms with Gasteiger partial charge in [0, 0.05) is 12.6 Å². The predicted molar refractivity (Wildman–Crippen MR) is 61.4 cm³/mol. The lowest BCUT2D eigenvalue weighted by Gasteiger charge is -2.31. The van der Waals surface area contributed by atoms with Crippen LogP contribution in [0.25, 0.3) is 0 Å². The largest absolute Gasteiger partial charge is 0.313 e. The maximum atomic E-state index is 3.83. The van der Waals surface area contributed by atoms with Crippen molar-refractivity contribution in [2.75, 3.05) is 6.54 Å². The average Bonchev–Trinajstić information content (AvgIpc) is 2.98. The predicted octanol–water partition coefficient (Wildman–Crippen LogP) is 3.34. The van der Waals surface area contributed by atoms with Gasteiger partial charge in [0.25, 0.3) is 0 Å². The molecule has 82 valence electrons. The van der Waals surface area contributed by atoms with Crippen LogP contribution in [0.5, 0.6) is 0 Å². The van der Waals surface area contributed by atoms with Crippen LogP contribution in [0.2, 0.25) is 0 Å². The van der Waals surface area contributed by atoms with Gasteiger partial charge in [-0.05, 0) is 43.4 Å². The molecule has 1 N–H and O–H groups in total. The van der Waals surface area contributed by atoms with E-state index in [1.807, 2.05) is 0 Å². The molecule has 2 aliphatic carbocycles. The van der Waals surface area contributed by atoms with Crippen LogP contribution in [-0.2, 0) is 0 Å². The fourth-order valence-electron chi connectivity index (χ4n) is 2.80. The quantitative estimate of drug-likeness (QED) is 0.725. The molecular weight excluding hydrogens is 170 g/mol. The molecule has 2 unspecified atom stereocenters. The Hall–Kier alpha value is -0.0400. The molecule has 0 bridgehead atoms. The van der Waals surface area contributed by atoms with Gasteiger partial charge in [-0.15, -0.1) is 0 Å². The Morgan fingerprint density at radius 3 is 2.50 bits per heavy atom. The minimum atomic E-state index is 0.719. The maximum Gasteiger partial charge on any atom is 0.00929 e. The number of rotatable bonds is 4. The molecule has 2 atom stereocenters. The summed E-state index contributed by atoms with van der Waals surface area (Å²) in [5.41, 5.74) is 0.719. The molecule has 0 heterocycles. The first-order valence-electron chi connectivity index (χ1n) is 6.49. The van der Waals surface area contributed by atoms with Crippen molar-refractivity contribution in [1.29, 1.82) is 0 Å². The van der Waals surface area contributed by atoms with Crippen LogP contribution >= 0.6 is 0 Å². The molecule has 2 fully saturated rings. The van der Waals surface area contributed by atoms with E-state index in [-0.39, 0.29) is 0 Å². The van der Waals surface area contributed by atoms with Crippen LogP contribution in [-0.4, -0.2) is 12.6 Å². The van der Waals surface area contributed by atoms with Gasteiger partial charge in [-0.1, -0.05) is 26.7 Å². The highest BCUT2D eigenvalue weighted by molar-refractivity contribution is 4.95. The van der Waals surface area contributed by atoms with Gasteiger partial charge in [0.05, 0.1) is 0 Å². The van der Waals surface area contributed by atoms with Crippen molar-refractivity contribution in [2.24, 2.45) is 11.3 Å². The SMILES string of the molecule is CCC1(CNC2CCCCC2C)CC1. The maximum absolute atomic E-state index is 3.83. The van der Waals surface area contributed by atoms with E-state index < -0.39 is 0 Å². The highest BCUT2D eigenvalue weighted by Crippen LogP contribution is 2.48. The molecule has 0 aromatic rings. The Bertz CT molecular complexity index is 184. The van der Waals surface area contributed by atoms with Crippen molar-refractivity contribution in [3.63, 3.8) is 0 Å². The van der Waals surface area contributed by atoms with Crippen molar-refractivity contribution in [3.05, 3.63) is 0 Å². The van der Waals surface area contributed by atoms with Crippen LogP contribution in [0.3, 0.4) is 0 Å². The van der Waals surface area contributed by atoms with Gasteiger partial charge in [-0.3, -0.25) is 0 Å². The number of hydrogen-bond donors (Lipinski definition) is 1. The van der Waals surface area contributed by atoms with Crippen molar-refractivity contribution < 1.29 is 0 Å². The molecule has 1 heteroatoms. The van der Waals surface area contributed by atoms with E-state index >= 15 is 0 Å². The Kier molecular flexibility index (Phi) is 3.16. The van der Waals surface area contributed by atoms with Gasteiger partial charge >= 0.3 is 0 Å². The van der Waals surface area contributed by atoms with E-state index in [2.05, 4.69) is 19.2 Å². The van der Waals surface area contributed by atoms with Crippen LogP contribution in [0, 0.1) is 11.3 Å². The third-order valence-corrected chi connectivity index (χ3v) is 4.56. The van der Waals surface area contributed by atoms with Gasteiger partial charge in [0.15, 0.2) is 0 Å². The van der Waals surface area contributed by atoms with E-state index in [1.165, 1.54) is 51.5 Å². The van der Waals surface area contributed by atoms with Crippen molar-refractivity contribution in [1.82, 2.24) is 5.32 Å². The molecule has 0 spiro atoms. The first-order chi connectivity index (χ1) is 6.76. The van der Waals surface area contributed by atoms with Crippen molar-refractivity contribution in [2.45, 2.75) is 64.8 Å². The first kappa shape index (κ1) is 10.5. The highest BCUT2D eigenvalue weighted by atomic mass is 14.9. The Labute approximate surface area is 88.7 Å². The summed E-state index contributed by atoms with van der Waals surface area (Å²) in [7, 11) is 0. The lowest BCUT2D eigenvalue weighted by molar-refractivity contribution is 0.262. The molecule has 2 saturated carbocycles. The van der Waals surface area contributed by atoms with Gasteiger partial charge < -0.3 is 5.32 Å². The summed E-state index contributed by atoms with van der Waals surface area (Å²) in [4.78, 5) is 0. The van der Waals surface area contributed by atoms with Gasteiger partial charge in [0.1, 0.15) is 0 Å². The minimum absolute atomic E-state index is 0.719. The van der Waals surface area contributed by atoms with E-state index in [4.69, 9.17) is 0 Å². The summed E-state index contributed by atoms with van der Waals surface area (Å²) in [5.74, 6) is 0.913. The minimum Gasteiger partial charge on any atom is -0.313 e. The monoisotopic (exact) mass is 195 g/mol. The second-order valence-corrected chi connectivity index (χ2v) is 5.60. The topological polar surface area (TPSA) is 12.0 Å². The average molecular weight is 195 g/mol. The van der Waals surface area contributed by atoms with Crippen LogP contribution in [0.15, 0.2) is 0 Å². The third kappa shape index (κ3) is 2.31. The normalized spacial score (nSPS) is 35.6.